The summed E-state index contributed by atoms with van der Waals surface area (Å²) in [6.07, 6.45) is 7.18. The SMILES string of the molecule is CCC(=O)c1ccc2c(n1)OC[C@@H]1CN(Cc3cnc4c(c3)CC(=O)C(C3CC3)=C4)CCN21. The molecule has 170 valence electrons. The minimum absolute atomic E-state index is 0.0351. The molecule has 0 unspecified atom stereocenters. The quantitative estimate of drug-likeness (QED) is 0.656. The molecular formula is C26H28N4O3. The molecular weight excluding hydrogens is 416 g/mol. The number of carbonyl (C=O) groups is 2. The summed E-state index contributed by atoms with van der Waals surface area (Å²) in [5.41, 5.74) is 5.61. The lowest BCUT2D eigenvalue weighted by Gasteiger charge is -2.45. The maximum absolute atomic E-state index is 12.5. The fourth-order valence-electron chi connectivity index (χ4n) is 5.22. The van der Waals surface area contributed by atoms with Gasteiger partial charge in [0.25, 0.3) is 0 Å². The highest BCUT2D eigenvalue weighted by Gasteiger charge is 2.35. The van der Waals surface area contributed by atoms with Crippen molar-refractivity contribution in [1.29, 1.82) is 0 Å². The molecule has 6 rings (SSSR count). The van der Waals surface area contributed by atoms with Gasteiger partial charge >= 0.3 is 0 Å². The zero-order valence-corrected chi connectivity index (χ0v) is 18.9. The smallest absolute Gasteiger partial charge is 0.238 e. The lowest BCUT2D eigenvalue weighted by Crippen LogP contribution is -2.57. The summed E-state index contributed by atoms with van der Waals surface area (Å²) >= 11 is 0. The van der Waals surface area contributed by atoms with E-state index in [0.29, 0.717) is 36.9 Å². The number of rotatable bonds is 5. The Balaban J connectivity index is 1.14. The third-order valence-corrected chi connectivity index (χ3v) is 7.18. The molecule has 0 aromatic carbocycles. The fraction of sp³-hybridized carbons (Fsp3) is 0.462. The standard InChI is InChI=1S/C26H28N4O3/c1-2-24(31)21-5-6-23-26(28-21)33-15-19-14-29(7-8-30(19)23)13-16-9-18-10-25(32)20(17-3-4-17)11-22(18)27-12-16/h5-6,9,11-12,17,19H,2-4,7-8,10,13-15H2,1H3/t19-/m0/s1. The second-order valence-corrected chi connectivity index (χ2v) is 9.55. The van der Waals surface area contributed by atoms with Gasteiger partial charge in [0, 0.05) is 50.8 Å². The van der Waals surface area contributed by atoms with Crippen LogP contribution >= 0.6 is 0 Å². The summed E-state index contributed by atoms with van der Waals surface area (Å²) in [5.74, 6) is 1.35. The normalized spacial score (nSPS) is 22.1. The second kappa shape index (κ2) is 8.06. The number of hydrogen-bond donors (Lipinski definition) is 0. The van der Waals surface area contributed by atoms with E-state index in [0.717, 1.165) is 67.1 Å². The Morgan fingerprint density at radius 1 is 1.24 bits per heavy atom. The van der Waals surface area contributed by atoms with E-state index in [4.69, 9.17) is 9.72 Å². The van der Waals surface area contributed by atoms with Crippen LogP contribution in [0.1, 0.15) is 53.5 Å². The van der Waals surface area contributed by atoms with Crippen molar-refractivity contribution in [2.24, 2.45) is 5.92 Å². The molecule has 33 heavy (non-hydrogen) atoms. The molecule has 1 saturated carbocycles. The van der Waals surface area contributed by atoms with Gasteiger partial charge in [-0.1, -0.05) is 13.0 Å². The van der Waals surface area contributed by atoms with Crippen molar-refractivity contribution in [2.45, 2.75) is 45.2 Å². The summed E-state index contributed by atoms with van der Waals surface area (Å²) in [6, 6.07) is 6.19. The molecule has 1 saturated heterocycles. The number of hydrogen-bond acceptors (Lipinski definition) is 7. The third-order valence-electron chi connectivity index (χ3n) is 7.18. The first kappa shape index (κ1) is 20.5. The molecule has 0 spiro atoms. The van der Waals surface area contributed by atoms with Crippen LogP contribution in [0.4, 0.5) is 5.69 Å². The van der Waals surface area contributed by atoms with E-state index in [-0.39, 0.29) is 17.6 Å². The van der Waals surface area contributed by atoms with Crippen molar-refractivity contribution in [3.8, 4) is 5.88 Å². The highest BCUT2D eigenvalue weighted by atomic mass is 16.5. The van der Waals surface area contributed by atoms with Crippen molar-refractivity contribution in [2.75, 3.05) is 31.1 Å². The lowest BCUT2D eigenvalue weighted by molar-refractivity contribution is -0.115. The van der Waals surface area contributed by atoms with Crippen molar-refractivity contribution in [3.63, 3.8) is 0 Å². The molecule has 2 aromatic rings. The van der Waals surface area contributed by atoms with Crippen LogP contribution in [0.3, 0.4) is 0 Å². The largest absolute Gasteiger partial charge is 0.474 e. The second-order valence-electron chi connectivity index (χ2n) is 9.55. The molecule has 0 radical (unpaired) electrons. The Kier molecular flexibility index (Phi) is 5.02. The molecule has 1 atom stereocenters. The van der Waals surface area contributed by atoms with Crippen LogP contribution in [0.25, 0.3) is 6.08 Å². The van der Waals surface area contributed by atoms with Crippen LogP contribution in [-0.4, -0.2) is 58.7 Å². The van der Waals surface area contributed by atoms with Crippen LogP contribution in [0.15, 0.2) is 30.0 Å². The fourth-order valence-corrected chi connectivity index (χ4v) is 5.22. The minimum Gasteiger partial charge on any atom is -0.474 e. The van der Waals surface area contributed by atoms with Crippen molar-refractivity contribution in [3.05, 3.63) is 52.5 Å². The first-order valence-electron chi connectivity index (χ1n) is 12.0. The van der Waals surface area contributed by atoms with Gasteiger partial charge in [0.2, 0.25) is 5.88 Å². The van der Waals surface area contributed by atoms with Crippen LogP contribution in [0, 0.1) is 5.92 Å². The molecule has 0 amide bonds. The number of Topliss-reactive ketones (excluding diaryl/α,β-unsaturated/α-hetero) is 2. The predicted octanol–water partition coefficient (Wildman–Crippen LogP) is 3.07. The van der Waals surface area contributed by atoms with Crippen LogP contribution in [-0.2, 0) is 17.8 Å². The van der Waals surface area contributed by atoms with Crippen molar-refractivity contribution < 1.29 is 14.3 Å². The number of fused-ring (bicyclic) bond motifs is 4. The Labute approximate surface area is 193 Å². The molecule has 2 aromatic heterocycles. The number of carbonyl (C=O) groups excluding carboxylic acids is 2. The molecule has 0 N–H and O–H groups in total. The van der Waals surface area contributed by atoms with Gasteiger partial charge < -0.3 is 9.64 Å². The van der Waals surface area contributed by atoms with Gasteiger partial charge in [-0.15, -0.1) is 0 Å². The molecule has 0 bridgehead atoms. The molecule has 2 aliphatic heterocycles. The molecule has 4 aliphatic rings. The summed E-state index contributed by atoms with van der Waals surface area (Å²) in [6.45, 7) is 5.91. The zero-order chi connectivity index (χ0) is 22.5. The van der Waals surface area contributed by atoms with E-state index in [1.54, 1.807) is 0 Å². The van der Waals surface area contributed by atoms with Gasteiger partial charge in [-0.2, -0.15) is 0 Å². The lowest BCUT2D eigenvalue weighted by atomic mass is 9.91. The van der Waals surface area contributed by atoms with E-state index in [2.05, 4.69) is 20.9 Å². The van der Waals surface area contributed by atoms with Gasteiger partial charge in [-0.3, -0.25) is 19.5 Å². The number of allylic oxidation sites excluding steroid dienone is 1. The summed E-state index contributed by atoms with van der Waals surface area (Å²) in [5, 5.41) is 0. The predicted molar refractivity (Wildman–Crippen MR) is 124 cm³/mol. The highest BCUT2D eigenvalue weighted by Crippen LogP contribution is 2.40. The van der Waals surface area contributed by atoms with Crippen LogP contribution < -0.4 is 9.64 Å². The average molecular weight is 445 g/mol. The molecule has 2 fully saturated rings. The van der Waals surface area contributed by atoms with E-state index in [9.17, 15) is 9.59 Å². The maximum atomic E-state index is 12.5. The molecule has 7 heteroatoms. The first-order valence-corrected chi connectivity index (χ1v) is 12.0. The number of nitrogens with zero attached hydrogens (tertiary/aromatic N) is 4. The van der Waals surface area contributed by atoms with Gasteiger partial charge in [-0.05, 0) is 48.1 Å². The van der Waals surface area contributed by atoms with E-state index >= 15 is 0 Å². The highest BCUT2D eigenvalue weighted by molar-refractivity contribution is 6.04. The van der Waals surface area contributed by atoms with Gasteiger partial charge in [0.15, 0.2) is 11.6 Å². The number of ether oxygens (including phenoxy) is 1. The molecule has 4 heterocycles. The Morgan fingerprint density at radius 3 is 2.94 bits per heavy atom. The van der Waals surface area contributed by atoms with Gasteiger partial charge in [0.05, 0.1) is 11.7 Å². The van der Waals surface area contributed by atoms with E-state index in [1.165, 1.54) is 0 Å². The number of ketones is 2. The van der Waals surface area contributed by atoms with Gasteiger partial charge in [0.1, 0.15) is 18.0 Å². The Hall–Kier alpha value is -3.06. The minimum atomic E-state index is 0.0351. The van der Waals surface area contributed by atoms with Crippen LogP contribution in [0.5, 0.6) is 5.88 Å². The van der Waals surface area contributed by atoms with Crippen molar-refractivity contribution in [1.82, 2.24) is 14.9 Å². The van der Waals surface area contributed by atoms with Crippen molar-refractivity contribution >= 4 is 23.3 Å². The Bertz CT molecular complexity index is 1170. The van der Waals surface area contributed by atoms with Gasteiger partial charge in [-0.25, -0.2) is 4.98 Å². The number of pyridine rings is 2. The van der Waals surface area contributed by atoms with Crippen LogP contribution in [0.2, 0.25) is 0 Å². The number of aromatic nitrogens is 2. The molecule has 2 aliphatic carbocycles. The monoisotopic (exact) mass is 444 g/mol. The van der Waals surface area contributed by atoms with E-state index < -0.39 is 0 Å². The zero-order valence-electron chi connectivity index (χ0n) is 18.9. The maximum Gasteiger partial charge on any atom is 0.238 e. The number of piperazine rings is 1. The van der Waals surface area contributed by atoms with E-state index in [1.807, 2.05) is 31.3 Å². The molecule has 7 nitrogen and oxygen atoms in total. The number of anilines is 1. The Morgan fingerprint density at radius 2 is 2.12 bits per heavy atom. The first-order chi connectivity index (χ1) is 16.1. The summed E-state index contributed by atoms with van der Waals surface area (Å²) < 4.78 is 5.96. The summed E-state index contributed by atoms with van der Waals surface area (Å²) in [4.78, 5) is 38.5. The average Bonchev–Trinajstić information content (AvgIpc) is 3.68. The summed E-state index contributed by atoms with van der Waals surface area (Å²) in [7, 11) is 0. The third kappa shape index (κ3) is 3.84. The topological polar surface area (TPSA) is 75.6 Å².